The molecule has 0 saturated heterocycles. The van der Waals surface area contributed by atoms with Crippen molar-refractivity contribution < 1.29 is 13.6 Å². The highest BCUT2D eigenvalue weighted by Crippen LogP contribution is 2.24. The fourth-order valence-corrected chi connectivity index (χ4v) is 3.33. The van der Waals surface area contributed by atoms with Crippen LogP contribution < -0.4 is 0 Å². The van der Waals surface area contributed by atoms with E-state index in [4.69, 9.17) is 4.42 Å². The Kier molecular flexibility index (Phi) is 4.74. The van der Waals surface area contributed by atoms with Crippen LogP contribution in [0.15, 0.2) is 71.3 Å². The molecule has 4 rings (SSSR count). The molecular formula is C23H21FN2O2. The normalized spacial score (nSPS) is 11.1. The Bertz CT molecular complexity index is 1110. The monoisotopic (exact) mass is 376 g/mol. The zero-order valence-electron chi connectivity index (χ0n) is 15.9. The second-order valence-electron chi connectivity index (χ2n) is 7.06. The van der Waals surface area contributed by atoms with E-state index in [9.17, 15) is 9.18 Å². The van der Waals surface area contributed by atoms with Crippen LogP contribution in [-0.4, -0.2) is 22.4 Å². The van der Waals surface area contributed by atoms with Gasteiger partial charge in [0.1, 0.15) is 11.5 Å². The number of hydrogen-bond acceptors (Lipinski definition) is 2. The molecule has 0 fully saturated rings. The molecule has 2 heterocycles. The predicted octanol–water partition coefficient (Wildman–Crippen LogP) is 5.00. The van der Waals surface area contributed by atoms with E-state index in [0.29, 0.717) is 24.4 Å². The van der Waals surface area contributed by atoms with Crippen LogP contribution in [-0.2, 0) is 13.1 Å². The van der Waals surface area contributed by atoms with E-state index in [1.807, 2.05) is 17.6 Å². The summed E-state index contributed by atoms with van der Waals surface area (Å²) in [6.45, 7) is 3.03. The number of hydrogen-bond donors (Lipinski definition) is 0. The minimum Gasteiger partial charge on any atom is -0.463 e. The quantitative estimate of drug-likeness (QED) is 0.491. The van der Waals surface area contributed by atoms with Gasteiger partial charge in [0.25, 0.3) is 5.91 Å². The van der Waals surface area contributed by atoms with E-state index < -0.39 is 0 Å². The summed E-state index contributed by atoms with van der Waals surface area (Å²) < 4.78 is 20.6. The average Bonchev–Trinajstić information content (AvgIpc) is 3.27. The molecule has 4 nitrogen and oxygen atoms in total. The first-order chi connectivity index (χ1) is 13.5. The van der Waals surface area contributed by atoms with Crippen molar-refractivity contribution in [1.82, 2.24) is 9.47 Å². The lowest BCUT2D eigenvalue weighted by molar-refractivity contribution is 0.0775. The first kappa shape index (κ1) is 18.0. The molecule has 0 atom stereocenters. The summed E-state index contributed by atoms with van der Waals surface area (Å²) in [6, 6.07) is 18.1. The molecule has 5 heteroatoms. The molecule has 0 N–H and O–H groups in total. The number of aryl methyl sites for hydroxylation is 1. The molecular weight excluding hydrogens is 355 g/mol. The summed E-state index contributed by atoms with van der Waals surface area (Å²) in [5.74, 6) is -0.395. The van der Waals surface area contributed by atoms with Crippen molar-refractivity contribution in [2.75, 3.05) is 7.05 Å². The van der Waals surface area contributed by atoms with Crippen molar-refractivity contribution in [3.63, 3.8) is 0 Å². The molecule has 0 aliphatic carbocycles. The third-order valence-electron chi connectivity index (χ3n) is 4.88. The molecule has 0 aliphatic rings. The molecule has 0 bridgehead atoms. The van der Waals surface area contributed by atoms with Crippen molar-refractivity contribution in [3.05, 3.63) is 95.1 Å². The Morgan fingerprint density at radius 2 is 1.71 bits per heavy atom. The molecule has 0 radical (unpaired) electrons. The largest absolute Gasteiger partial charge is 0.463 e. The van der Waals surface area contributed by atoms with Gasteiger partial charge in [-0.25, -0.2) is 4.39 Å². The van der Waals surface area contributed by atoms with E-state index in [0.717, 1.165) is 16.6 Å². The highest BCUT2D eigenvalue weighted by Gasteiger charge is 2.21. The molecule has 2 aromatic heterocycles. The van der Waals surface area contributed by atoms with Crippen LogP contribution in [0, 0.1) is 12.7 Å². The van der Waals surface area contributed by atoms with Gasteiger partial charge in [-0.1, -0.05) is 42.0 Å². The minimum absolute atomic E-state index is 0.108. The fourth-order valence-electron chi connectivity index (χ4n) is 3.33. The van der Waals surface area contributed by atoms with Gasteiger partial charge in [-0.3, -0.25) is 4.79 Å². The molecule has 4 aromatic rings. The highest BCUT2D eigenvalue weighted by molar-refractivity contribution is 5.97. The van der Waals surface area contributed by atoms with E-state index in [-0.39, 0.29) is 11.7 Å². The molecule has 0 unspecified atom stereocenters. The van der Waals surface area contributed by atoms with E-state index >= 15 is 0 Å². The van der Waals surface area contributed by atoms with Gasteiger partial charge < -0.3 is 13.9 Å². The number of carbonyl (C=O) groups excluding carboxylic acids is 1. The van der Waals surface area contributed by atoms with E-state index in [1.54, 1.807) is 36.4 Å². The number of aromatic nitrogens is 1. The summed E-state index contributed by atoms with van der Waals surface area (Å²) in [7, 11) is 1.75. The molecule has 142 valence electrons. The van der Waals surface area contributed by atoms with Crippen LogP contribution in [0.3, 0.4) is 0 Å². The lowest BCUT2D eigenvalue weighted by atomic mass is 10.1. The number of carbonyl (C=O) groups is 1. The Hall–Kier alpha value is -3.34. The lowest BCUT2D eigenvalue weighted by Crippen LogP contribution is -2.28. The number of nitrogens with zero attached hydrogens (tertiary/aromatic N) is 2. The average molecular weight is 376 g/mol. The minimum atomic E-state index is -0.287. The van der Waals surface area contributed by atoms with E-state index in [2.05, 4.69) is 24.3 Å². The van der Waals surface area contributed by atoms with Gasteiger partial charge in [0.2, 0.25) is 0 Å². The summed E-state index contributed by atoms with van der Waals surface area (Å²) >= 11 is 0. The maximum absolute atomic E-state index is 13.1. The maximum atomic E-state index is 13.1. The maximum Gasteiger partial charge on any atom is 0.270 e. The van der Waals surface area contributed by atoms with Gasteiger partial charge in [-0.2, -0.15) is 0 Å². The topological polar surface area (TPSA) is 38.4 Å². The Labute approximate surface area is 162 Å². The SMILES string of the molecule is Cc1ccc(Cn2c(C(=O)N(C)Cc3ccc(F)cc3)cc3occc32)cc1. The van der Waals surface area contributed by atoms with Crippen LogP contribution in [0.5, 0.6) is 0 Å². The highest BCUT2D eigenvalue weighted by atomic mass is 19.1. The van der Waals surface area contributed by atoms with Crippen molar-refractivity contribution >= 4 is 17.0 Å². The van der Waals surface area contributed by atoms with Crippen LogP contribution in [0.25, 0.3) is 11.1 Å². The fraction of sp³-hybridized carbons (Fsp3) is 0.174. The first-order valence-corrected chi connectivity index (χ1v) is 9.13. The number of amides is 1. The van der Waals surface area contributed by atoms with Crippen molar-refractivity contribution in [2.45, 2.75) is 20.0 Å². The molecule has 0 spiro atoms. The smallest absolute Gasteiger partial charge is 0.270 e. The van der Waals surface area contributed by atoms with Crippen LogP contribution >= 0.6 is 0 Å². The second-order valence-corrected chi connectivity index (χ2v) is 7.06. The second kappa shape index (κ2) is 7.35. The zero-order valence-corrected chi connectivity index (χ0v) is 15.9. The molecule has 1 amide bonds. The molecule has 28 heavy (non-hydrogen) atoms. The number of furan rings is 1. The molecule has 0 saturated carbocycles. The van der Waals surface area contributed by atoms with Gasteiger partial charge in [0.15, 0.2) is 5.58 Å². The van der Waals surface area contributed by atoms with Crippen LogP contribution in [0.2, 0.25) is 0 Å². The van der Waals surface area contributed by atoms with Crippen molar-refractivity contribution in [1.29, 1.82) is 0 Å². The first-order valence-electron chi connectivity index (χ1n) is 9.13. The summed E-state index contributed by atoms with van der Waals surface area (Å²) in [5, 5.41) is 0. The van der Waals surface area contributed by atoms with Gasteiger partial charge in [-0.05, 0) is 30.2 Å². The van der Waals surface area contributed by atoms with Gasteiger partial charge in [-0.15, -0.1) is 0 Å². The lowest BCUT2D eigenvalue weighted by Gasteiger charge is -2.19. The van der Waals surface area contributed by atoms with Gasteiger partial charge in [0, 0.05) is 32.3 Å². The number of fused-ring (bicyclic) bond motifs is 1. The van der Waals surface area contributed by atoms with Gasteiger partial charge >= 0.3 is 0 Å². The van der Waals surface area contributed by atoms with Crippen LogP contribution in [0.4, 0.5) is 4.39 Å². The number of benzene rings is 2. The Morgan fingerprint density at radius 1 is 1.04 bits per heavy atom. The number of rotatable bonds is 5. The van der Waals surface area contributed by atoms with Crippen molar-refractivity contribution in [3.8, 4) is 0 Å². The molecule has 2 aromatic carbocycles. The predicted molar refractivity (Wildman–Crippen MR) is 107 cm³/mol. The zero-order chi connectivity index (χ0) is 19.7. The van der Waals surface area contributed by atoms with E-state index in [1.165, 1.54) is 17.7 Å². The third-order valence-corrected chi connectivity index (χ3v) is 4.88. The summed E-state index contributed by atoms with van der Waals surface area (Å²) in [5.41, 5.74) is 5.32. The summed E-state index contributed by atoms with van der Waals surface area (Å²) in [4.78, 5) is 14.8. The number of halogens is 1. The van der Waals surface area contributed by atoms with Crippen LogP contribution in [0.1, 0.15) is 27.2 Å². The third kappa shape index (κ3) is 3.56. The molecule has 0 aliphatic heterocycles. The van der Waals surface area contributed by atoms with Gasteiger partial charge in [0.05, 0.1) is 11.8 Å². The Balaban J connectivity index is 1.63. The standard InChI is InChI=1S/C23H21FN2O2/c1-16-3-5-18(6-4-16)15-26-20-11-12-28-22(20)13-21(26)23(27)25(2)14-17-7-9-19(24)10-8-17/h3-13H,14-15H2,1-2H3. The summed E-state index contributed by atoms with van der Waals surface area (Å²) in [6.07, 6.45) is 1.63. The Morgan fingerprint density at radius 3 is 2.43 bits per heavy atom. The van der Waals surface area contributed by atoms with Crippen molar-refractivity contribution in [2.24, 2.45) is 0 Å².